The van der Waals surface area contributed by atoms with Gasteiger partial charge < -0.3 is 14.8 Å². The van der Waals surface area contributed by atoms with Crippen molar-refractivity contribution in [2.45, 2.75) is 32.7 Å². The lowest BCUT2D eigenvalue weighted by atomic mass is 10.1. The molecule has 3 nitrogen and oxygen atoms in total. The summed E-state index contributed by atoms with van der Waals surface area (Å²) in [7, 11) is 1.72. The molecule has 0 aromatic heterocycles. The Bertz CT molecular complexity index is 327. The van der Waals surface area contributed by atoms with Crippen molar-refractivity contribution in [2.75, 3.05) is 26.9 Å². The largest absolute Gasteiger partial charge is 0.492 e. The Labute approximate surface area is 110 Å². The first-order valence-corrected chi connectivity index (χ1v) is 6.47. The smallest absolute Gasteiger partial charge is 0.119 e. The van der Waals surface area contributed by atoms with Gasteiger partial charge in [-0.2, -0.15) is 0 Å². The molecule has 0 saturated carbocycles. The Hall–Kier alpha value is -1.06. The summed E-state index contributed by atoms with van der Waals surface area (Å²) in [6.07, 6.45) is 0.947. The van der Waals surface area contributed by atoms with Gasteiger partial charge in [0.25, 0.3) is 0 Å². The van der Waals surface area contributed by atoms with Crippen LogP contribution >= 0.6 is 0 Å². The molecular weight excluding hydrogens is 226 g/mol. The maximum absolute atomic E-state index is 5.67. The molecule has 0 heterocycles. The number of rotatable bonds is 7. The summed E-state index contributed by atoms with van der Waals surface area (Å²) in [4.78, 5) is 0. The molecule has 0 radical (unpaired) electrons. The topological polar surface area (TPSA) is 30.5 Å². The summed E-state index contributed by atoms with van der Waals surface area (Å²) in [6.45, 7) is 8.76. The highest BCUT2D eigenvalue weighted by Crippen LogP contribution is 2.12. The van der Waals surface area contributed by atoms with Crippen LogP contribution in [0.3, 0.4) is 0 Å². The van der Waals surface area contributed by atoms with E-state index >= 15 is 0 Å². The quantitative estimate of drug-likeness (QED) is 0.756. The molecule has 1 aromatic rings. The Morgan fingerprint density at radius 1 is 1.06 bits per heavy atom. The molecule has 0 bridgehead atoms. The highest BCUT2D eigenvalue weighted by Gasteiger charge is 2.07. The lowest BCUT2D eigenvalue weighted by Gasteiger charge is -2.20. The summed E-state index contributed by atoms with van der Waals surface area (Å²) < 4.78 is 10.7. The van der Waals surface area contributed by atoms with Gasteiger partial charge >= 0.3 is 0 Å². The molecule has 102 valence electrons. The Morgan fingerprint density at radius 3 is 2.28 bits per heavy atom. The molecular formula is C15H25NO2. The zero-order valence-electron chi connectivity index (χ0n) is 12.0. The molecule has 0 spiro atoms. The van der Waals surface area contributed by atoms with Crippen LogP contribution in [0.2, 0.25) is 0 Å². The van der Waals surface area contributed by atoms with Gasteiger partial charge in [-0.15, -0.1) is 0 Å². The lowest BCUT2D eigenvalue weighted by Crippen LogP contribution is -2.38. The van der Waals surface area contributed by atoms with Crippen molar-refractivity contribution in [2.24, 2.45) is 0 Å². The fraction of sp³-hybridized carbons (Fsp3) is 0.600. The van der Waals surface area contributed by atoms with Crippen molar-refractivity contribution in [3.63, 3.8) is 0 Å². The van der Waals surface area contributed by atoms with Crippen LogP contribution in [0.25, 0.3) is 0 Å². The van der Waals surface area contributed by atoms with Gasteiger partial charge in [0.1, 0.15) is 12.4 Å². The molecule has 1 aromatic carbocycles. The van der Waals surface area contributed by atoms with Crippen LogP contribution in [0.5, 0.6) is 5.75 Å². The summed E-state index contributed by atoms with van der Waals surface area (Å²) in [6, 6.07) is 8.21. The molecule has 3 heteroatoms. The fourth-order valence-electron chi connectivity index (χ4n) is 1.57. The first-order valence-electron chi connectivity index (χ1n) is 6.47. The average Bonchev–Trinajstić information content (AvgIpc) is 2.32. The summed E-state index contributed by atoms with van der Waals surface area (Å²) >= 11 is 0. The lowest BCUT2D eigenvalue weighted by molar-refractivity contribution is 0.202. The van der Waals surface area contributed by atoms with Gasteiger partial charge in [0.05, 0.1) is 6.61 Å². The third-order valence-corrected chi connectivity index (χ3v) is 2.54. The van der Waals surface area contributed by atoms with E-state index in [1.165, 1.54) is 5.56 Å². The predicted octanol–water partition coefficient (Wildman–Crippen LogP) is 2.64. The number of methoxy groups -OCH3 is 1. The monoisotopic (exact) mass is 251 g/mol. The second-order valence-electron chi connectivity index (χ2n) is 5.41. The van der Waals surface area contributed by atoms with Gasteiger partial charge in [0.15, 0.2) is 0 Å². The van der Waals surface area contributed by atoms with E-state index in [2.05, 4.69) is 38.2 Å². The van der Waals surface area contributed by atoms with Crippen LogP contribution in [0.4, 0.5) is 0 Å². The van der Waals surface area contributed by atoms with Gasteiger partial charge in [0.2, 0.25) is 0 Å². The molecule has 0 aliphatic rings. The van der Waals surface area contributed by atoms with Gasteiger partial charge in [-0.1, -0.05) is 12.1 Å². The van der Waals surface area contributed by atoms with E-state index in [1.807, 2.05) is 12.1 Å². The predicted molar refractivity (Wildman–Crippen MR) is 75.3 cm³/mol. The minimum Gasteiger partial charge on any atom is -0.492 e. The average molecular weight is 251 g/mol. The van der Waals surface area contributed by atoms with E-state index in [-0.39, 0.29) is 5.54 Å². The summed E-state index contributed by atoms with van der Waals surface area (Å²) in [5.41, 5.74) is 1.42. The third-order valence-electron chi connectivity index (χ3n) is 2.54. The van der Waals surface area contributed by atoms with Crippen LogP contribution in [-0.2, 0) is 11.2 Å². The van der Waals surface area contributed by atoms with Crippen molar-refractivity contribution in [3.05, 3.63) is 29.8 Å². The number of nitrogens with one attached hydrogen (secondary N) is 1. The van der Waals surface area contributed by atoms with E-state index in [1.54, 1.807) is 7.11 Å². The molecule has 0 saturated heterocycles. The minimum atomic E-state index is 0.146. The van der Waals surface area contributed by atoms with E-state index in [0.717, 1.165) is 25.3 Å². The van der Waals surface area contributed by atoms with E-state index in [0.29, 0.717) is 6.61 Å². The Morgan fingerprint density at radius 2 is 1.72 bits per heavy atom. The first kappa shape index (κ1) is 15.0. The summed E-state index contributed by atoms with van der Waals surface area (Å²) in [5.74, 6) is 0.923. The molecule has 0 atom stereocenters. The summed E-state index contributed by atoms with van der Waals surface area (Å²) in [5, 5.41) is 3.39. The fourth-order valence-corrected chi connectivity index (χ4v) is 1.57. The number of benzene rings is 1. The minimum absolute atomic E-state index is 0.146. The van der Waals surface area contributed by atoms with Crippen molar-refractivity contribution < 1.29 is 9.47 Å². The van der Waals surface area contributed by atoms with Crippen molar-refractivity contribution in [1.82, 2.24) is 5.32 Å². The van der Waals surface area contributed by atoms with Gasteiger partial charge in [0, 0.05) is 19.2 Å². The van der Waals surface area contributed by atoms with E-state index in [4.69, 9.17) is 9.47 Å². The highest BCUT2D eigenvalue weighted by atomic mass is 16.5. The number of ether oxygens (including phenoxy) is 2. The number of hydrogen-bond donors (Lipinski definition) is 1. The van der Waals surface area contributed by atoms with Crippen molar-refractivity contribution >= 4 is 0 Å². The molecule has 0 unspecified atom stereocenters. The van der Waals surface area contributed by atoms with Gasteiger partial charge in [-0.25, -0.2) is 0 Å². The zero-order valence-corrected chi connectivity index (χ0v) is 12.0. The first-order chi connectivity index (χ1) is 8.51. The molecule has 1 rings (SSSR count). The molecule has 0 fully saturated rings. The molecule has 0 aliphatic heterocycles. The van der Waals surface area contributed by atoms with Crippen LogP contribution in [0.15, 0.2) is 24.3 Å². The Balaban J connectivity index is 2.26. The Kier molecular flexibility index (Phi) is 6.16. The van der Waals surface area contributed by atoms with Crippen LogP contribution in [-0.4, -0.2) is 32.4 Å². The second kappa shape index (κ2) is 7.39. The molecule has 18 heavy (non-hydrogen) atoms. The molecule has 0 amide bonds. The normalized spacial score (nSPS) is 11.6. The van der Waals surface area contributed by atoms with Crippen molar-refractivity contribution in [1.29, 1.82) is 0 Å². The zero-order chi connectivity index (χ0) is 13.4. The third kappa shape index (κ3) is 6.62. The van der Waals surface area contributed by atoms with Crippen LogP contribution in [0, 0.1) is 0 Å². The van der Waals surface area contributed by atoms with Crippen LogP contribution in [0.1, 0.15) is 26.3 Å². The molecule has 0 aliphatic carbocycles. The van der Waals surface area contributed by atoms with E-state index in [9.17, 15) is 0 Å². The number of hydrogen-bond acceptors (Lipinski definition) is 3. The van der Waals surface area contributed by atoms with Crippen molar-refractivity contribution in [3.8, 4) is 5.75 Å². The maximum atomic E-state index is 5.67. The molecule has 1 N–H and O–H groups in total. The van der Waals surface area contributed by atoms with Crippen LogP contribution < -0.4 is 10.1 Å². The highest BCUT2D eigenvalue weighted by molar-refractivity contribution is 5.27. The second-order valence-corrected chi connectivity index (χ2v) is 5.41. The maximum Gasteiger partial charge on any atom is 0.119 e. The van der Waals surface area contributed by atoms with Gasteiger partial charge in [-0.3, -0.25) is 0 Å². The SMILES string of the molecule is COCCc1ccc(OCCNC(C)(C)C)cc1. The van der Waals surface area contributed by atoms with Gasteiger partial charge in [-0.05, 0) is 44.9 Å². The van der Waals surface area contributed by atoms with E-state index < -0.39 is 0 Å². The standard InChI is InChI=1S/C15H25NO2/c1-15(2,3)16-10-12-18-14-7-5-13(6-8-14)9-11-17-4/h5-8,16H,9-12H2,1-4H3.